The molecule has 0 spiro atoms. The van der Waals surface area contributed by atoms with Gasteiger partial charge in [0.2, 0.25) is 0 Å². The van der Waals surface area contributed by atoms with Crippen molar-refractivity contribution in [2.45, 2.75) is 19.3 Å². The van der Waals surface area contributed by atoms with Crippen molar-refractivity contribution in [2.75, 3.05) is 4.90 Å². The van der Waals surface area contributed by atoms with E-state index in [1.54, 1.807) is 6.08 Å². The predicted octanol–water partition coefficient (Wildman–Crippen LogP) is 6.26. The van der Waals surface area contributed by atoms with Crippen LogP contribution in [0.5, 0.6) is 0 Å². The van der Waals surface area contributed by atoms with E-state index in [9.17, 15) is 9.59 Å². The van der Waals surface area contributed by atoms with Gasteiger partial charge in [-0.1, -0.05) is 0 Å². The molecule has 0 amide bonds. The molecule has 1 aliphatic heterocycles. The molecule has 0 fully saturated rings. The van der Waals surface area contributed by atoms with Crippen molar-refractivity contribution in [3.8, 4) is 0 Å². The molecule has 1 aliphatic carbocycles. The molecular weight excluding hydrogens is 525 g/mol. The Kier molecular flexibility index (Phi) is 4.74. The molecule has 5 aromatic rings. The van der Waals surface area contributed by atoms with Gasteiger partial charge >= 0.3 is 220 Å². The van der Waals surface area contributed by atoms with Crippen LogP contribution in [0, 0.1) is 0 Å². The van der Waals surface area contributed by atoms with Gasteiger partial charge in [0.15, 0.2) is 0 Å². The van der Waals surface area contributed by atoms with E-state index >= 15 is 0 Å². The number of ketones is 2. The molecule has 5 nitrogen and oxygen atoms in total. The Bertz CT molecular complexity index is 1710. The maximum atomic E-state index is 13.3. The van der Waals surface area contributed by atoms with Crippen molar-refractivity contribution in [2.24, 2.45) is 0 Å². The summed E-state index contributed by atoms with van der Waals surface area (Å²) in [6.45, 7) is 4.40. The molecule has 37 heavy (non-hydrogen) atoms. The van der Waals surface area contributed by atoms with Gasteiger partial charge in [-0.2, -0.15) is 0 Å². The molecule has 0 saturated heterocycles. The number of hydrogen-bond donors (Lipinski definition) is 0. The first kappa shape index (κ1) is 22.1. The van der Waals surface area contributed by atoms with Crippen molar-refractivity contribution in [3.05, 3.63) is 117 Å². The maximum absolute atomic E-state index is 13.3. The van der Waals surface area contributed by atoms with E-state index in [1.165, 1.54) is 0 Å². The minimum absolute atomic E-state index is 0.141. The average Bonchev–Trinajstić information content (AvgIpc) is 3.46. The second kappa shape index (κ2) is 7.94. The summed E-state index contributed by atoms with van der Waals surface area (Å²) < 4.78 is 2.03. The van der Waals surface area contributed by atoms with E-state index in [2.05, 4.69) is 36.9 Å². The van der Waals surface area contributed by atoms with Crippen LogP contribution >= 0.6 is 0 Å². The Morgan fingerprint density at radius 3 is 1.89 bits per heavy atom. The fourth-order valence-electron chi connectivity index (χ4n) is 5.40. The van der Waals surface area contributed by atoms with E-state index in [-0.39, 0.29) is 37.1 Å². The zero-order chi connectivity index (χ0) is 25.3. The number of allylic oxidation sites excluding steroid dienone is 1. The van der Waals surface area contributed by atoms with Crippen molar-refractivity contribution < 1.29 is 9.59 Å². The molecule has 7 rings (SSSR count). The number of nitrogens with zero attached hydrogens (tertiary/aromatic N) is 3. The van der Waals surface area contributed by atoms with E-state index in [4.69, 9.17) is 9.97 Å². The van der Waals surface area contributed by atoms with Crippen LogP contribution in [-0.2, 0) is 5.41 Å². The molecule has 0 bridgehead atoms. The van der Waals surface area contributed by atoms with E-state index in [1.807, 2.05) is 67.0 Å². The average molecular weight is 546 g/mol. The van der Waals surface area contributed by atoms with Gasteiger partial charge in [0, 0.05) is 0 Å². The van der Waals surface area contributed by atoms with Gasteiger partial charge in [-0.15, -0.1) is 0 Å². The topological polar surface area (TPSA) is 63.2 Å². The molecule has 4 heterocycles. The van der Waals surface area contributed by atoms with Gasteiger partial charge in [-0.25, -0.2) is 0 Å². The van der Waals surface area contributed by atoms with Gasteiger partial charge < -0.3 is 0 Å². The Morgan fingerprint density at radius 2 is 1.32 bits per heavy atom. The van der Waals surface area contributed by atoms with Crippen LogP contribution in [-0.4, -0.2) is 36.0 Å². The number of anilines is 3. The van der Waals surface area contributed by atoms with Crippen LogP contribution in [0.4, 0.5) is 16.2 Å². The zero-order valence-electron chi connectivity index (χ0n) is 20.2. The molecule has 0 unspecified atom stereocenters. The minimum atomic E-state index is -0.230. The van der Waals surface area contributed by atoms with Gasteiger partial charge in [0.1, 0.15) is 0 Å². The fraction of sp³-hybridized carbons (Fsp3) is 0.0968. The van der Waals surface area contributed by atoms with Crippen LogP contribution in [0.1, 0.15) is 50.1 Å². The van der Waals surface area contributed by atoms with Crippen molar-refractivity contribution in [1.82, 2.24) is 9.97 Å². The number of pyridine rings is 2. The molecule has 2 aliphatic rings. The number of carbonyl (C=O) groups is 2. The molecule has 0 atom stereocenters. The van der Waals surface area contributed by atoms with Crippen molar-refractivity contribution in [3.63, 3.8) is 0 Å². The second-order valence-corrected chi connectivity index (χ2v) is 12.1. The summed E-state index contributed by atoms with van der Waals surface area (Å²) in [5, 5.41) is 1.92. The summed E-state index contributed by atoms with van der Waals surface area (Å²) in [6.07, 6.45) is 5.41. The number of rotatable bonds is 2. The van der Waals surface area contributed by atoms with Crippen LogP contribution in [0.15, 0.2) is 90.8 Å². The third-order valence-electron chi connectivity index (χ3n) is 7.33. The zero-order valence-corrected chi connectivity index (χ0v) is 21.9. The van der Waals surface area contributed by atoms with E-state index < -0.39 is 0 Å². The normalized spacial score (nSPS) is 15.5. The number of fused-ring (bicyclic) bond motifs is 4. The van der Waals surface area contributed by atoms with Crippen molar-refractivity contribution >= 4 is 59.1 Å². The summed E-state index contributed by atoms with van der Waals surface area (Å²) in [5.41, 5.74) is 3.27. The standard InChI is InChI=1S/C31H21N3O2Se/c1-31(2)24-9-5-13-32-29(24)34(30-25(31)10-6-14-33-30)26-12-11-20(37-26)17-23-27(35)21-15-18-7-3-4-8-19(18)16-22(21)28(23)36/h3-17H,1-2H3. The summed E-state index contributed by atoms with van der Waals surface area (Å²) >= 11 is -0.141. The quantitative estimate of drug-likeness (QED) is 0.149. The van der Waals surface area contributed by atoms with Crippen LogP contribution in [0.3, 0.4) is 0 Å². The summed E-state index contributed by atoms with van der Waals surface area (Å²) in [7, 11) is 0. The number of benzene rings is 2. The third-order valence-corrected chi connectivity index (χ3v) is 9.46. The number of carbonyl (C=O) groups excluding carboxylic acids is 2. The molecular formula is C31H21N3O2Se. The van der Waals surface area contributed by atoms with Crippen molar-refractivity contribution in [1.29, 1.82) is 0 Å². The number of aromatic nitrogens is 2. The van der Waals surface area contributed by atoms with E-state index in [0.29, 0.717) is 11.1 Å². The molecule has 3 aromatic heterocycles. The van der Waals surface area contributed by atoms with Gasteiger partial charge in [0.25, 0.3) is 0 Å². The van der Waals surface area contributed by atoms with E-state index in [0.717, 1.165) is 42.5 Å². The second-order valence-electron chi connectivity index (χ2n) is 9.85. The molecule has 0 radical (unpaired) electrons. The molecule has 0 N–H and O–H groups in total. The summed E-state index contributed by atoms with van der Waals surface area (Å²) in [5.74, 6) is 1.35. The van der Waals surface area contributed by atoms with Gasteiger partial charge in [-0.05, 0) is 0 Å². The van der Waals surface area contributed by atoms with Gasteiger partial charge in [-0.3, -0.25) is 0 Å². The van der Waals surface area contributed by atoms with Crippen LogP contribution in [0.2, 0.25) is 0 Å². The first-order valence-electron chi connectivity index (χ1n) is 12.1. The van der Waals surface area contributed by atoms with Gasteiger partial charge in [0.05, 0.1) is 0 Å². The predicted molar refractivity (Wildman–Crippen MR) is 146 cm³/mol. The SMILES string of the molecule is CC1(C)c2cccnc2N(c2ccc(C=C3C(=O)c4cc5ccccc5cc4C3=O)[se]2)c2ncccc21. The summed E-state index contributed by atoms with van der Waals surface area (Å²) in [6, 6.07) is 23.7. The Labute approximate surface area is 219 Å². The fourth-order valence-corrected chi connectivity index (χ4v) is 7.41. The molecule has 2 aromatic carbocycles. The molecule has 0 saturated carbocycles. The monoisotopic (exact) mass is 547 g/mol. The summed E-state index contributed by atoms with van der Waals surface area (Å²) in [4.78, 5) is 38.2. The van der Waals surface area contributed by atoms with Crippen LogP contribution in [0.25, 0.3) is 16.8 Å². The molecule has 6 heteroatoms. The Hall–Kier alpha value is -4.12. The first-order chi connectivity index (χ1) is 17.9. The third kappa shape index (κ3) is 3.23. The number of Topliss-reactive ketones (excluding diaryl/α,β-unsaturated/α-hetero) is 2. The Balaban J connectivity index is 1.31. The van der Waals surface area contributed by atoms with Crippen LogP contribution < -0.4 is 4.90 Å². The first-order valence-corrected chi connectivity index (χ1v) is 13.8. The Morgan fingerprint density at radius 1 is 0.757 bits per heavy atom. The number of hydrogen-bond acceptors (Lipinski definition) is 5. The molecule has 178 valence electrons.